The second-order valence-corrected chi connectivity index (χ2v) is 6.79. The topological polar surface area (TPSA) is 58.6 Å². The molecule has 0 spiro atoms. The van der Waals surface area contributed by atoms with Crippen molar-refractivity contribution in [2.45, 2.75) is 6.54 Å². The van der Waals surface area contributed by atoms with E-state index in [0.717, 1.165) is 9.21 Å². The lowest BCUT2D eigenvalue weighted by atomic mass is 10.2. The number of nitrogens with one attached hydrogen (secondary N) is 1. The van der Waals surface area contributed by atoms with Crippen molar-refractivity contribution in [1.82, 2.24) is 4.90 Å². The molecule has 0 fully saturated rings. The highest BCUT2D eigenvalue weighted by atomic mass is 35.5. The van der Waals surface area contributed by atoms with Gasteiger partial charge in [-0.05, 0) is 43.4 Å². The second-order valence-electron chi connectivity index (χ2n) is 5.00. The predicted octanol–water partition coefficient (Wildman–Crippen LogP) is 3.26. The fraction of sp³-hybridized carbons (Fsp3) is 0.250. The van der Waals surface area contributed by atoms with Crippen LogP contribution in [0.4, 0.5) is 5.69 Å². The van der Waals surface area contributed by atoms with Crippen molar-refractivity contribution < 1.29 is 14.3 Å². The molecule has 122 valence electrons. The van der Waals surface area contributed by atoms with E-state index in [9.17, 15) is 9.59 Å². The molecule has 1 aromatic heterocycles. The summed E-state index contributed by atoms with van der Waals surface area (Å²) in [6, 6.07) is 10.4. The van der Waals surface area contributed by atoms with Crippen LogP contribution in [-0.2, 0) is 16.1 Å². The molecule has 0 bridgehead atoms. The normalized spacial score (nSPS) is 10.6. The molecule has 23 heavy (non-hydrogen) atoms. The van der Waals surface area contributed by atoms with Crippen LogP contribution in [-0.4, -0.2) is 37.5 Å². The van der Waals surface area contributed by atoms with Crippen molar-refractivity contribution in [2.75, 3.05) is 26.0 Å². The molecule has 1 N–H and O–H groups in total. The van der Waals surface area contributed by atoms with Crippen molar-refractivity contribution in [3.05, 3.63) is 51.2 Å². The van der Waals surface area contributed by atoms with Crippen molar-refractivity contribution in [3.63, 3.8) is 0 Å². The van der Waals surface area contributed by atoms with E-state index in [1.807, 2.05) is 24.1 Å². The van der Waals surface area contributed by atoms with E-state index in [4.69, 9.17) is 11.6 Å². The Hall–Kier alpha value is -1.89. The minimum Gasteiger partial charge on any atom is -0.465 e. The van der Waals surface area contributed by atoms with Crippen LogP contribution in [0.3, 0.4) is 0 Å². The van der Waals surface area contributed by atoms with Gasteiger partial charge in [-0.25, -0.2) is 4.79 Å². The van der Waals surface area contributed by atoms with E-state index in [-0.39, 0.29) is 12.5 Å². The van der Waals surface area contributed by atoms with Gasteiger partial charge in [0.05, 0.1) is 23.6 Å². The number of esters is 1. The standard InChI is InChI=1S/C16H17ClN2O3S/c1-19(9-13-7-8-14(17)23-13)10-15(20)18-12-5-3-11(4-6-12)16(21)22-2/h3-8H,9-10H2,1-2H3,(H,18,20). The zero-order valence-corrected chi connectivity index (χ0v) is 14.4. The average Bonchev–Trinajstić information content (AvgIpc) is 2.91. The van der Waals surface area contributed by atoms with Gasteiger partial charge in [-0.1, -0.05) is 11.6 Å². The summed E-state index contributed by atoms with van der Waals surface area (Å²) >= 11 is 7.39. The number of hydrogen-bond acceptors (Lipinski definition) is 5. The highest BCUT2D eigenvalue weighted by Gasteiger charge is 2.10. The number of nitrogens with zero attached hydrogens (tertiary/aromatic N) is 1. The quantitative estimate of drug-likeness (QED) is 0.811. The average molecular weight is 353 g/mol. The molecule has 0 unspecified atom stereocenters. The molecule has 0 aliphatic rings. The summed E-state index contributed by atoms with van der Waals surface area (Å²) in [6.45, 7) is 0.917. The summed E-state index contributed by atoms with van der Waals surface area (Å²) in [5, 5.41) is 2.79. The highest BCUT2D eigenvalue weighted by molar-refractivity contribution is 7.16. The van der Waals surface area contributed by atoms with Gasteiger partial charge in [0, 0.05) is 17.1 Å². The fourth-order valence-electron chi connectivity index (χ4n) is 2.01. The summed E-state index contributed by atoms with van der Waals surface area (Å²) < 4.78 is 5.37. The number of carbonyl (C=O) groups is 2. The first-order chi connectivity index (χ1) is 11.0. The predicted molar refractivity (Wildman–Crippen MR) is 92.1 cm³/mol. The van der Waals surface area contributed by atoms with Gasteiger partial charge in [-0.15, -0.1) is 11.3 Å². The van der Waals surface area contributed by atoms with Crippen LogP contribution in [0, 0.1) is 0 Å². The zero-order chi connectivity index (χ0) is 16.8. The van der Waals surface area contributed by atoms with Crippen LogP contribution in [0.15, 0.2) is 36.4 Å². The number of anilines is 1. The molecule has 0 saturated heterocycles. The number of benzene rings is 1. The largest absolute Gasteiger partial charge is 0.465 e. The van der Waals surface area contributed by atoms with Crippen molar-refractivity contribution in [1.29, 1.82) is 0 Å². The van der Waals surface area contributed by atoms with Gasteiger partial charge in [0.2, 0.25) is 5.91 Å². The van der Waals surface area contributed by atoms with Crippen LogP contribution < -0.4 is 5.32 Å². The third-order valence-electron chi connectivity index (χ3n) is 3.06. The number of rotatable bonds is 6. The van der Waals surface area contributed by atoms with Gasteiger partial charge in [0.25, 0.3) is 0 Å². The SMILES string of the molecule is COC(=O)c1ccc(NC(=O)CN(C)Cc2ccc(Cl)s2)cc1. The monoisotopic (exact) mass is 352 g/mol. The van der Waals surface area contributed by atoms with E-state index < -0.39 is 5.97 Å². The lowest BCUT2D eigenvalue weighted by molar-refractivity contribution is -0.117. The second kappa shape index (κ2) is 8.10. The number of amides is 1. The summed E-state index contributed by atoms with van der Waals surface area (Å²) in [5.41, 5.74) is 1.08. The molecule has 1 amide bonds. The Morgan fingerprint density at radius 3 is 2.48 bits per heavy atom. The van der Waals surface area contributed by atoms with Crippen LogP contribution in [0.1, 0.15) is 15.2 Å². The first kappa shape index (κ1) is 17.5. The Morgan fingerprint density at radius 1 is 1.22 bits per heavy atom. The number of methoxy groups -OCH3 is 1. The van der Waals surface area contributed by atoms with Gasteiger partial charge in [0.1, 0.15) is 0 Å². The lowest BCUT2D eigenvalue weighted by Crippen LogP contribution is -2.29. The highest BCUT2D eigenvalue weighted by Crippen LogP contribution is 2.22. The molecule has 0 saturated carbocycles. The number of halogens is 1. The summed E-state index contributed by atoms with van der Waals surface area (Å²) in [4.78, 5) is 26.4. The Morgan fingerprint density at radius 2 is 1.91 bits per heavy atom. The molecule has 1 aromatic carbocycles. The molecular formula is C16H17ClN2O3S. The molecule has 5 nitrogen and oxygen atoms in total. The molecule has 0 aliphatic heterocycles. The van der Waals surface area contributed by atoms with Crippen LogP contribution >= 0.6 is 22.9 Å². The molecule has 1 heterocycles. The van der Waals surface area contributed by atoms with E-state index in [1.165, 1.54) is 18.4 Å². The number of hydrogen-bond donors (Lipinski definition) is 1. The zero-order valence-electron chi connectivity index (χ0n) is 12.8. The van der Waals surface area contributed by atoms with E-state index in [2.05, 4.69) is 10.1 Å². The maximum atomic E-state index is 12.0. The number of thiophene rings is 1. The van der Waals surface area contributed by atoms with E-state index in [1.54, 1.807) is 24.3 Å². The van der Waals surface area contributed by atoms with Gasteiger partial charge in [0.15, 0.2) is 0 Å². The maximum absolute atomic E-state index is 12.0. The van der Waals surface area contributed by atoms with Crippen LogP contribution in [0.2, 0.25) is 4.34 Å². The molecule has 2 rings (SSSR count). The number of carbonyl (C=O) groups excluding carboxylic acids is 2. The van der Waals surface area contributed by atoms with Crippen molar-refractivity contribution >= 4 is 40.5 Å². The van der Waals surface area contributed by atoms with Crippen molar-refractivity contribution in [3.8, 4) is 0 Å². The summed E-state index contributed by atoms with van der Waals surface area (Å²) in [7, 11) is 3.20. The molecular weight excluding hydrogens is 336 g/mol. The van der Waals surface area contributed by atoms with Gasteiger partial charge in [-0.3, -0.25) is 9.69 Å². The van der Waals surface area contributed by atoms with Crippen molar-refractivity contribution in [2.24, 2.45) is 0 Å². The number of ether oxygens (including phenoxy) is 1. The summed E-state index contributed by atoms with van der Waals surface area (Å²) in [6.07, 6.45) is 0. The minimum atomic E-state index is -0.405. The van der Waals surface area contributed by atoms with E-state index in [0.29, 0.717) is 17.8 Å². The van der Waals surface area contributed by atoms with Crippen LogP contribution in [0.25, 0.3) is 0 Å². The van der Waals surface area contributed by atoms with Gasteiger partial charge >= 0.3 is 5.97 Å². The fourth-order valence-corrected chi connectivity index (χ4v) is 3.18. The number of likely N-dealkylation sites (N-methyl/N-ethyl adjacent to an activating group) is 1. The first-order valence-corrected chi connectivity index (χ1v) is 8.08. The van der Waals surface area contributed by atoms with E-state index >= 15 is 0 Å². The van der Waals surface area contributed by atoms with Gasteiger partial charge in [-0.2, -0.15) is 0 Å². The molecule has 0 radical (unpaired) electrons. The third kappa shape index (κ3) is 5.35. The molecule has 7 heteroatoms. The van der Waals surface area contributed by atoms with Gasteiger partial charge < -0.3 is 10.1 Å². The lowest BCUT2D eigenvalue weighted by Gasteiger charge is -2.15. The summed E-state index contributed by atoms with van der Waals surface area (Å²) in [5.74, 6) is -0.529. The minimum absolute atomic E-state index is 0.124. The Labute approximate surface area is 143 Å². The Bertz CT molecular complexity index is 685. The smallest absolute Gasteiger partial charge is 0.337 e. The molecule has 0 atom stereocenters. The molecule has 0 aliphatic carbocycles. The Kier molecular flexibility index (Phi) is 6.15. The van der Waals surface area contributed by atoms with Crippen LogP contribution in [0.5, 0.6) is 0 Å². The maximum Gasteiger partial charge on any atom is 0.337 e. The first-order valence-electron chi connectivity index (χ1n) is 6.89. The Balaban J connectivity index is 1.85. The third-order valence-corrected chi connectivity index (χ3v) is 4.27. The molecule has 2 aromatic rings.